The van der Waals surface area contributed by atoms with E-state index in [9.17, 15) is 0 Å². The molecule has 3 heteroatoms. The maximum atomic E-state index is 5.34. The molecule has 0 unspecified atom stereocenters. The van der Waals surface area contributed by atoms with E-state index >= 15 is 0 Å². The summed E-state index contributed by atoms with van der Waals surface area (Å²) in [4.78, 5) is 0. The zero-order chi connectivity index (χ0) is 15.3. The largest absolute Gasteiger partial charge is 0.493 e. The highest BCUT2D eigenvalue weighted by Gasteiger charge is 2.04. The lowest BCUT2D eigenvalue weighted by molar-refractivity contribution is 0.354. The van der Waals surface area contributed by atoms with Gasteiger partial charge in [-0.15, -0.1) is 0 Å². The molecular formula is C18H29BrO2. The van der Waals surface area contributed by atoms with E-state index in [0.29, 0.717) is 0 Å². The van der Waals surface area contributed by atoms with Crippen LogP contribution in [-0.4, -0.2) is 19.5 Å². The zero-order valence-electron chi connectivity index (χ0n) is 13.5. The molecule has 0 saturated heterocycles. The highest BCUT2D eigenvalue weighted by molar-refractivity contribution is 9.09. The lowest BCUT2D eigenvalue weighted by Gasteiger charge is -2.09. The minimum Gasteiger partial charge on any atom is -0.493 e. The molecule has 1 aromatic rings. The van der Waals surface area contributed by atoms with Crippen molar-refractivity contribution in [1.29, 1.82) is 0 Å². The summed E-state index contributed by atoms with van der Waals surface area (Å²) in [5.41, 5.74) is 1.34. The highest BCUT2D eigenvalue weighted by atomic mass is 79.9. The van der Waals surface area contributed by atoms with Crippen molar-refractivity contribution in [2.24, 2.45) is 0 Å². The molecule has 0 aromatic heterocycles. The fourth-order valence-electron chi connectivity index (χ4n) is 2.52. The number of halogens is 1. The molecule has 1 rings (SSSR count). The molecule has 0 atom stereocenters. The third kappa shape index (κ3) is 7.75. The zero-order valence-corrected chi connectivity index (χ0v) is 15.1. The summed E-state index contributed by atoms with van der Waals surface area (Å²) >= 11 is 3.48. The number of methoxy groups -OCH3 is 2. The van der Waals surface area contributed by atoms with Gasteiger partial charge in [-0.1, -0.05) is 60.5 Å². The Morgan fingerprint density at radius 2 is 1.33 bits per heavy atom. The fraction of sp³-hybridized carbons (Fsp3) is 0.667. The summed E-state index contributed by atoms with van der Waals surface area (Å²) in [7, 11) is 3.37. The van der Waals surface area contributed by atoms with Gasteiger partial charge in [0.2, 0.25) is 0 Å². The van der Waals surface area contributed by atoms with Crippen LogP contribution in [-0.2, 0) is 6.42 Å². The molecule has 0 fully saturated rings. The monoisotopic (exact) mass is 356 g/mol. The molecular weight excluding hydrogens is 328 g/mol. The summed E-state index contributed by atoms with van der Waals surface area (Å²) in [6, 6.07) is 6.23. The molecule has 0 N–H and O–H groups in total. The minimum atomic E-state index is 0.810. The van der Waals surface area contributed by atoms with Crippen LogP contribution in [0.3, 0.4) is 0 Å². The molecule has 2 nitrogen and oxygen atoms in total. The van der Waals surface area contributed by atoms with Crippen molar-refractivity contribution >= 4 is 15.9 Å². The van der Waals surface area contributed by atoms with Crippen molar-refractivity contribution in [2.75, 3.05) is 19.5 Å². The summed E-state index contributed by atoms with van der Waals surface area (Å²) in [6.45, 7) is 0. The van der Waals surface area contributed by atoms with E-state index in [0.717, 1.165) is 23.2 Å². The number of hydrogen-bond donors (Lipinski definition) is 0. The maximum Gasteiger partial charge on any atom is 0.160 e. The first-order chi connectivity index (χ1) is 10.3. The number of unbranched alkanes of at least 4 members (excludes halogenated alkanes) is 7. The standard InChI is InChI=1S/C18H29BrO2/c1-20-17-13-12-16(15-18(17)21-2)11-9-7-5-3-4-6-8-10-14-19/h12-13,15H,3-11,14H2,1-2H3. The summed E-state index contributed by atoms with van der Waals surface area (Å²) < 4.78 is 10.6. The Kier molecular flexibility index (Phi) is 10.4. The molecule has 21 heavy (non-hydrogen) atoms. The van der Waals surface area contributed by atoms with Crippen LogP contribution in [0, 0.1) is 0 Å². The quantitative estimate of drug-likeness (QED) is 0.350. The third-order valence-corrected chi connectivity index (χ3v) is 4.36. The molecule has 1 aromatic carbocycles. The van der Waals surface area contributed by atoms with Crippen LogP contribution < -0.4 is 9.47 Å². The minimum absolute atomic E-state index is 0.810. The lowest BCUT2D eigenvalue weighted by atomic mass is 10.0. The van der Waals surface area contributed by atoms with E-state index < -0.39 is 0 Å². The Bertz CT molecular complexity index is 379. The molecule has 0 heterocycles. The van der Waals surface area contributed by atoms with Crippen LogP contribution in [0.1, 0.15) is 56.9 Å². The molecule has 0 bridgehead atoms. The smallest absolute Gasteiger partial charge is 0.160 e. The van der Waals surface area contributed by atoms with Crippen LogP contribution in [0.15, 0.2) is 18.2 Å². The molecule has 0 spiro atoms. The predicted octanol–water partition coefficient (Wildman–Crippen LogP) is 5.76. The normalized spacial score (nSPS) is 10.6. The fourth-order valence-corrected chi connectivity index (χ4v) is 2.92. The van der Waals surface area contributed by atoms with Crippen LogP contribution >= 0.6 is 15.9 Å². The molecule has 0 saturated carbocycles. The van der Waals surface area contributed by atoms with E-state index in [1.165, 1.54) is 56.9 Å². The average molecular weight is 357 g/mol. The number of benzene rings is 1. The van der Waals surface area contributed by atoms with Crippen LogP contribution in [0.5, 0.6) is 11.5 Å². The van der Waals surface area contributed by atoms with Gasteiger partial charge in [0, 0.05) is 5.33 Å². The topological polar surface area (TPSA) is 18.5 Å². The van der Waals surface area contributed by atoms with Crippen molar-refractivity contribution in [2.45, 2.75) is 57.8 Å². The maximum absolute atomic E-state index is 5.34. The van der Waals surface area contributed by atoms with Gasteiger partial charge in [0.05, 0.1) is 14.2 Å². The van der Waals surface area contributed by atoms with Gasteiger partial charge >= 0.3 is 0 Å². The molecule has 0 amide bonds. The number of aryl methyl sites for hydroxylation is 1. The number of hydrogen-bond acceptors (Lipinski definition) is 2. The van der Waals surface area contributed by atoms with Crippen molar-refractivity contribution in [3.8, 4) is 11.5 Å². The van der Waals surface area contributed by atoms with Crippen molar-refractivity contribution in [1.82, 2.24) is 0 Å². The van der Waals surface area contributed by atoms with E-state index in [1.54, 1.807) is 14.2 Å². The van der Waals surface area contributed by atoms with Gasteiger partial charge in [-0.3, -0.25) is 0 Å². The number of ether oxygens (including phenoxy) is 2. The Balaban J connectivity index is 2.12. The van der Waals surface area contributed by atoms with E-state index in [-0.39, 0.29) is 0 Å². The summed E-state index contributed by atoms with van der Waals surface area (Å²) in [5.74, 6) is 1.64. The molecule has 0 radical (unpaired) electrons. The predicted molar refractivity (Wildman–Crippen MR) is 94.0 cm³/mol. The number of alkyl halides is 1. The van der Waals surface area contributed by atoms with E-state index in [4.69, 9.17) is 9.47 Å². The Morgan fingerprint density at radius 3 is 1.90 bits per heavy atom. The van der Waals surface area contributed by atoms with Gasteiger partial charge in [0.25, 0.3) is 0 Å². The van der Waals surface area contributed by atoms with E-state index in [1.807, 2.05) is 6.07 Å². The van der Waals surface area contributed by atoms with Crippen LogP contribution in [0.4, 0.5) is 0 Å². The lowest BCUT2D eigenvalue weighted by Crippen LogP contribution is -1.93. The Hall–Kier alpha value is -0.700. The first kappa shape index (κ1) is 18.3. The van der Waals surface area contributed by atoms with Gasteiger partial charge < -0.3 is 9.47 Å². The van der Waals surface area contributed by atoms with Gasteiger partial charge in [-0.25, -0.2) is 0 Å². The number of rotatable bonds is 12. The molecule has 120 valence electrons. The third-order valence-electron chi connectivity index (χ3n) is 3.80. The van der Waals surface area contributed by atoms with Gasteiger partial charge in [0.1, 0.15) is 0 Å². The Morgan fingerprint density at radius 1 is 0.762 bits per heavy atom. The van der Waals surface area contributed by atoms with Gasteiger partial charge in [-0.05, 0) is 37.0 Å². The van der Waals surface area contributed by atoms with Crippen LogP contribution in [0.2, 0.25) is 0 Å². The first-order valence-corrected chi connectivity index (χ1v) is 9.21. The molecule has 0 aliphatic rings. The average Bonchev–Trinajstić information content (AvgIpc) is 2.53. The summed E-state index contributed by atoms with van der Waals surface area (Å²) in [6.07, 6.45) is 11.9. The van der Waals surface area contributed by atoms with Gasteiger partial charge in [0.15, 0.2) is 11.5 Å². The Labute approximate surface area is 138 Å². The second-order valence-electron chi connectivity index (χ2n) is 5.46. The van der Waals surface area contributed by atoms with Crippen molar-refractivity contribution in [3.63, 3.8) is 0 Å². The second kappa shape index (κ2) is 11.9. The second-order valence-corrected chi connectivity index (χ2v) is 6.25. The summed E-state index contributed by atoms with van der Waals surface area (Å²) in [5, 5.41) is 1.15. The first-order valence-electron chi connectivity index (χ1n) is 8.08. The molecule has 0 aliphatic carbocycles. The highest BCUT2D eigenvalue weighted by Crippen LogP contribution is 2.28. The van der Waals surface area contributed by atoms with Crippen molar-refractivity contribution < 1.29 is 9.47 Å². The van der Waals surface area contributed by atoms with Gasteiger partial charge in [-0.2, -0.15) is 0 Å². The molecule has 0 aliphatic heterocycles. The van der Waals surface area contributed by atoms with Crippen molar-refractivity contribution in [3.05, 3.63) is 23.8 Å². The van der Waals surface area contributed by atoms with E-state index in [2.05, 4.69) is 28.1 Å². The SMILES string of the molecule is COc1ccc(CCCCCCCCCCBr)cc1OC. The van der Waals surface area contributed by atoms with Crippen LogP contribution in [0.25, 0.3) is 0 Å².